The number of imide groups is 2. The molecule has 1 fully saturated rings. The van der Waals surface area contributed by atoms with Crippen LogP contribution in [0.4, 0.5) is 10.5 Å². The Morgan fingerprint density at radius 2 is 1.67 bits per heavy atom. The van der Waals surface area contributed by atoms with Crippen molar-refractivity contribution in [2.45, 2.75) is 6.42 Å². The van der Waals surface area contributed by atoms with Crippen molar-refractivity contribution < 1.29 is 19.1 Å². The van der Waals surface area contributed by atoms with Gasteiger partial charge in [-0.15, -0.1) is 0 Å². The molecule has 1 heterocycles. The molecular formula is C12H12N2O4. The minimum absolute atomic E-state index is 0.297. The van der Waals surface area contributed by atoms with Crippen LogP contribution in [0.25, 0.3) is 0 Å². The Bertz CT molecular complexity index is 509. The third-order valence-electron chi connectivity index (χ3n) is 2.73. The molecule has 0 saturated carbocycles. The van der Waals surface area contributed by atoms with E-state index in [0.717, 1.165) is 9.80 Å². The molecule has 0 aliphatic carbocycles. The van der Waals surface area contributed by atoms with Gasteiger partial charge in [-0.2, -0.15) is 0 Å². The molecule has 6 nitrogen and oxygen atoms in total. The zero-order valence-electron chi connectivity index (χ0n) is 10.0. The number of rotatable bonds is 2. The van der Waals surface area contributed by atoms with E-state index >= 15 is 0 Å². The summed E-state index contributed by atoms with van der Waals surface area (Å²) in [4.78, 5) is 36.9. The molecule has 1 aliphatic rings. The molecule has 0 spiro atoms. The Morgan fingerprint density at radius 1 is 1.06 bits per heavy atom. The Morgan fingerprint density at radius 3 is 2.22 bits per heavy atom. The fraction of sp³-hybridized carbons (Fsp3) is 0.250. The lowest BCUT2D eigenvalue weighted by Crippen LogP contribution is -2.53. The number of benzene rings is 1. The fourth-order valence-corrected chi connectivity index (χ4v) is 1.68. The molecule has 0 aromatic heterocycles. The second-order valence-electron chi connectivity index (χ2n) is 3.84. The summed E-state index contributed by atoms with van der Waals surface area (Å²) in [7, 11) is 2.88. The van der Waals surface area contributed by atoms with Gasteiger partial charge in [0.05, 0.1) is 12.8 Å². The summed E-state index contributed by atoms with van der Waals surface area (Å²) >= 11 is 0. The standard InChI is InChI=1S/C12H12N2O4/c1-13-10(15)7-11(16)14(12(13)17)8-3-5-9(18-2)6-4-8/h3-6H,7H2,1-2H3. The van der Waals surface area contributed by atoms with E-state index in [9.17, 15) is 14.4 Å². The van der Waals surface area contributed by atoms with Gasteiger partial charge in [0, 0.05) is 7.05 Å². The molecule has 1 aromatic carbocycles. The van der Waals surface area contributed by atoms with Crippen molar-refractivity contribution in [3.8, 4) is 5.75 Å². The summed E-state index contributed by atoms with van der Waals surface area (Å²) in [5.41, 5.74) is 0.421. The van der Waals surface area contributed by atoms with Gasteiger partial charge in [-0.3, -0.25) is 14.5 Å². The zero-order valence-corrected chi connectivity index (χ0v) is 10.0. The fourth-order valence-electron chi connectivity index (χ4n) is 1.68. The molecule has 1 aliphatic heterocycles. The van der Waals surface area contributed by atoms with Gasteiger partial charge in [0.2, 0.25) is 11.8 Å². The van der Waals surface area contributed by atoms with Crippen LogP contribution in [0.15, 0.2) is 24.3 Å². The first-order valence-electron chi connectivity index (χ1n) is 5.32. The number of ether oxygens (including phenoxy) is 1. The largest absolute Gasteiger partial charge is 0.497 e. The number of anilines is 1. The summed E-state index contributed by atoms with van der Waals surface area (Å²) in [5.74, 6) is -0.386. The van der Waals surface area contributed by atoms with Gasteiger partial charge in [-0.25, -0.2) is 9.69 Å². The molecule has 1 saturated heterocycles. The molecule has 0 N–H and O–H groups in total. The van der Waals surface area contributed by atoms with Crippen molar-refractivity contribution in [2.75, 3.05) is 19.1 Å². The summed E-state index contributed by atoms with van der Waals surface area (Å²) in [5, 5.41) is 0. The maximum atomic E-state index is 11.9. The highest BCUT2D eigenvalue weighted by Crippen LogP contribution is 2.23. The Hall–Kier alpha value is -2.37. The SMILES string of the molecule is COc1ccc(N2C(=O)CC(=O)N(C)C2=O)cc1. The van der Waals surface area contributed by atoms with Crippen LogP contribution in [0.3, 0.4) is 0 Å². The van der Waals surface area contributed by atoms with Gasteiger partial charge in [-0.1, -0.05) is 0 Å². The average molecular weight is 248 g/mol. The summed E-state index contributed by atoms with van der Waals surface area (Å²) in [6.45, 7) is 0. The summed E-state index contributed by atoms with van der Waals surface area (Å²) in [6.07, 6.45) is -0.297. The van der Waals surface area contributed by atoms with E-state index in [1.165, 1.54) is 14.2 Å². The van der Waals surface area contributed by atoms with Gasteiger partial charge in [0.15, 0.2) is 0 Å². The molecule has 0 bridgehead atoms. The van der Waals surface area contributed by atoms with E-state index < -0.39 is 17.8 Å². The third-order valence-corrected chi connectivity index (χ3v) is 2.73. The normalized spacial score (nSPS) is 16.2. The lowest BCUT2D eigenvalue weighted by atomic mass is 10.2. The molecule has 6 heteroatoms. The molecule has 4 amide bonds. The smallest absolute Gasteiger partial charge is 0.337 e. The van der Waals surface area contributed by atoms with Crippen molar-refractivity contribution in [2.24, 2.45) is 0 Å². The van der Waals surface area contributed by atoms with Crippen molar-refractivity contribution >= 4 is 23.5 Å². The Balaban J connectivity index is 2.33. The lowest BCUT2D eigenvalue weighted by Gasteiger charge is -2.30. The molecule has 1 aromatic rings. The molecule has 94 valence electrons. The number of amides is 4. The number of urea groups is 1. The highest BCUT2D eigenvalue weighted by Gasteiger charge is 2.36. The highest BCUT2D eigenvalue weighted by atomic mass is 16.5. The number of carbonyl (C=O) groups excluding carboxylic acids is 3. The second kappa shape index (κ2) is 4.48. The van der Waals surface area contributed by atoms with Crippen LogP contribution in [0.2, 0.25) is 0 Å². The first kappa shape index (κ1) is 12.1. The predicted octanol–water partition coefficient (Wildman–Crippen LogP) is 1.01. The highest BCUT2D eigenvalue weighted by molar-refractivity contribution is 6.26. The van der Waals surface area contributed by atoms with Crippen LogP contribution < -0.4 is 9.64 Å². The minimum atomic E-state index is -0.638. The number of carbonyl (C=O) groups is 3. The van der Waals surface area contributed by atoms with E-state index in [-0.39, 0.29) is 6.42 Å². The van der Waals surface area contributed by atoms with E-state index in [4.69, 9.17) is 4.74 Å². The topological polar surface area (TPSA) is 66.9 Å². The van der Waals surface area contributed by atoms with E-state index in [0.29, 0.717) is 11.4 Å². The minimum Gasteiger partial charge on any atom is -0.497 e. The van der Waals surface area contributed by atoms with Crippen LogP contribution in [-0.4, -0.2) is 36.9 Å². The summed E-state index contributed by atoms with van der Waals surface area (Å²) < 4.78 is 5.00. The molecule has 0 atom stereocenters. The van der Waals surface area contributed by atoms with Crippen LogP contribution in [0, 0.1) is 0 Å². The van der Waals surface area contributed by atoms with E-state index in [1.54, 1.807) is 24.3 Å². The number of hydrogen-bond donors (Lipinski definition) is 0. The third kappa shape index (κ3) is 1.92. The zero-order chi connectivity index (χ0) is 13.3. The van der Waals surface area contributed by atoms with Crippen LogP contribution in [0.1, 0.15) is 6.42 Å². The number of barbiturate groups is 1. The van der Waals surface area contributed by atoms with Gasteiger partial charge < -0.3 is 4.74 Å². The van der Waals surface area contributed by atoms with Crippen molar-refractivity contribution in [3.63, 3.8) is 0 Å². The predicted molar refractivity (Wildman–Crippen MR) is 63.3 cm³/mol. The van der Waals surface area contributed by atoms with Gasteiger partial charge >= 0.3 is 6.03 Å². The second-order valence-corrected chi connectivity index (χ2v) is 3.84. The van der Waals surface area contributed by atoms with Gasteiger partial charge in [0.25, 0.3) is 0 Å². The Labute approximate surface area is 104 Å². The van der Waals surface area contributed by atoms with Crippen LogP contribution >= 0.6 is 0 Å². The first-order valence-corrected chi connectivity index (χ1v) is 5.32. The molecule has 0 unspecified atom stereocenters. The van der Waals surface area contributed by atoms with Crippen molar-refractivity contribution in [3.05, 3.63) is 24.3 Å². The van der Waals surface area contributed by atoms with Gasteiger partial charge in [0.1, 0.15) is 12.2 Å². The molecule has 2 rings (SSSR count). The quantitative estimate of drug-likeness (QED) is 0.732. The Kier molecular flexibility index (Phi) is 3.01. The monoisotopic (exact) mass is 248 g/mol. The number of nitrogens with zero attached hydrogens (tertiary/aromatic N) is 2. The molecule has 18 heavy (non-hydrogen) atoms. The maximum absolute atomic E-state index is 11.9. The van der Waals surface area contributed by atoms with Crippen LogP contribution in [0.5, 0.6) is 5.75 Å². The van der Waals surface area contributed by atoms with Crippen molar-refractivity contribution in [1.29, 1.82) is 0 Å². The number of hydrogen-bond acceptors (Lipinski definition) is 4. The maximum Gasteiger partial charge on any atom is 0.337 e. The van der Waals surface area contributed by atoms with Gasteiger partial charge in [-0.05, 0) is 24.3 Å². The van der Waals surface area contributed by atoms with E-state index in [2.05, 4.69) is 0 Å². The first-order chi connectivity index (χ1) is 8.54. The number of methoxy groups -OCH3 is 1. The van der Waals surface area contributed by atoms with Crippen molar-refractivity contribution in [1.82, 2.24) is 4.90 Å². The molecular weight excluding hydrogens is 236 g/mol. The lowest BCUT2D eigenvalue weighted by molar-refractivity contribution is -0.133. The summed E-state index contributed by atoms with van der Waals surface area (Å²) in [6, 6.07) is 5.84. The molecule has 0 radical (unpaired) electrons. The van der Waals surface area contributed by atoms with Crippen LogP contribution in [-0.2, 0) is 9.59 Å². The van der Waals surface area contributed by atoms with E-state index in [1.807, 2.05) is 0 Å². The average Bonchev–Trinajstić information content (AvgIpc) is 2.37.